The van der Waals surface area contributed by atoms with Gasteiger partial charge < -0.3 is 9.64 Å². The second kappa shape index (κ2) is 7.84. The summed E-state index contributed by atoms with van der Waals surface area (Å²) in [6, 6.07) is 10.7. The number of ether oxygens (including phenoxy) is 1. The zero-order chi connectivity index (χ0) is 20.5. The lowest BCUT2D eigenvalue weighted by molar-refractivity contribution is -0.116. The fourth-order valence-corrected chi connectivity index (χ4v) is 5.06. The standard InChI is InChI=1S/C19H20N2O5S2/c1-12-11-21(13(2)22)17-10-16(8-9-18(17)27-12)28(24,25)20-15-6-4-14(5-7-15)19(23)26-3/h4-10,12,20H,11H2,1-3H3/t12-/m0/s1. The summed E-state index contributed by atoms with van der Waals surface area (Å²) in [5.74, 6) is -0.630. The number of thioether (sulfide) groups is 1. The first-order valence-corrected chi connectivity index (χ1v) is 10.9. The number of carbonyl (C=O) groups excluding carboxylic acids is 2. The van der Waals surface area contributed by atoms with Crippen LogP contribution < -0.4 is 9.62 Å². The fourth-order valence-electron chi connectivity index (χ4n) is 2.89. The van der Waals surface area contributed by atoms with E-state index in [1.165, 1.54) is 50.4 Å². The van der Waals surface area contributed by atoms with Crippen molar-refractivity contribution in [2.75, 3.05) is 23.3 Å². The van der Waals surface area contributed by atoms with E-state index in [4.69, 9.17) is 0 Å². The van der Waals surface area contributed by atoms with Gasteiger partial charge in [0.25, 0.3) is 10.0 Å². The molecule has 1 aliphatic heterocycles. The van der Waals surface area contributed by atoms with E-state index >= 15 is 0 Å². The number of amides is 1. The van der Waals surface area contributed by atoms with Gasteiger partial charge in [-0.1, -0.05) is 6.92 Å². The molecule has 0 saturated carbocycles. The van der Waals surface area contributed by atoms with E-state index in [-0.39, 0.29) is 16.1 Å². The van der Waals surface area contributed by atoms with Crippen LogP contribution in [0, 0.1) is 0 Å². The summed E-state index contributed by atoms with van der Waals surface area (Å²) in [5.41, 5.74) is 1.23. The molecule has 0 bridgehead atoms. The molecule has 1 atom stereocenters. The molecule has 3 rings (SSSR count). The molecule has 0 aromatic heterocycles. The van der Waals surface area contributed by atoms with Gasteiger partial charge >= 0.3 is 5.97 Å². The van der Waals surface area contributed by atoms with E-state index < -0.39 is 16.0 Å². The van der Waals surface area contributed by atoms with Crippen LogP contribution in [0.5, 0.6) is 0 Å². The maximum atomic E-state index is 12.8. The second-order valence-corrected chi connectivity index (χ2v) is 9.52. The van der Waals surface area contributed by atoms with Crippen LogP contribution in [-0.4, -0.2) is 39.2 Å². The molecular weight excluding hydrogens is 400 g/mol. The normalized spacial score (nSPS) is 16.2. The quantitative estimate of drug-likeness (QED) is 0.764. The summed E-state index contributed by atoms with van der Waals surface area (Å²) in [6.45, 7) is 4.02. The Morgan fingerprint density at radius 1 is 1.18 bits per heavy atom. The lowest BCUT2D eigenvalue weighted by Gasteiger charge is -2.32. The van der Waals surface area contributed by atoms with Crippen molar-refractivity contribution in [3.63, 3.8) is 0 Å². The summed E-state index contributed by atoms with van der Waals surface area (Å²) in [7, 11) is -2.59. The van der Waals surface area contributed by atoms with Gasteiger partial charge in [-0.15, -0.1) is 11.8 Å². The average Bonchev–Trinajstić information content (AvgIpc) is 2.66. The maximum Gasteiger partial charge on any atom is 0.337 e. The third-order valence-electron chi connectivity index (χ3n) is 4.24. The Morgan fingerprint density at radius 2 is 1.86 bits per heavy atom. The Balaban J connectivity index is 1.89. The molecule has 2 aromatic carbocycles. The van der Waals surface area contributed by atoms with E-state index in [1.54, 1.807) is 22.7 Å². The minimum atomic E-state index is -3.86. The van der Waals surface area contributed by atoms with E-state index in [0.717, 1.165) is 4.90 Å². The van der Waals surface area contributed by atoms with Crippen LogP contribution in [0.15, 0.2) is 52.3 Å². The van der Waals surface area contributed by atoms with Crippen molar-refractivity contribution < 1.29 is 22.7 Å². The number of carbonyl (C=O) groups is 2. The highest BCUT2D eigenvalue weighted by Gasteiger charge is 2.27. The van der Waals surface area contributed by atoms with Gasteiger partial charge in [0.2, 0.25) is 5.91 Å². The first-order chi connectivity index (χ1) is 13.2. The van der Waals surface area contributed by atoms with Crippen molar-refractivity contribution in [2.24, 2.45) is 0 Å². The molecule has 0 radical (unpaired) electrons. The van der Waals surface area contributed by atoms with Crippen molar-refractivity contribution in [1.29, 1.82) is 0 Å². The smallest absolute Gasteiger partial charge is 0.337 e. The molecule has 0 saturated heterocycles. The third kappa shape index (κ3) is 4.15. The van der Waals surface area contributed by atoms with Gasteiger partial charge in [0.15, 0.2) is 0 Å². The molecule has 28 heavy (non-hydrogen) atoms. The van der Waals surface area contributed by atoms with Gasteiger partial charge in [-0.05, 0) is 42.5 Å². The Kier molecular flexibility index (Phi) is 5.66. The van der Waals surface area contributed by atoms with E-state index in [1.807, 2.05) is 6.92 Å². The Labute approximate surface area is 168 Å². The summed E-state index contributed by atoms with van der Waals surface area (Å²) < 4.78 is 32.7. The monoisotopic (exact) mass is 420 g/mol. The lowest BCUT2D eigenvalue weighted by Crippen LogP contribution is -2.37. The van der Waals surface area contributed by atoms with Gasteiger partial charge in [0.1, 0.15) is 0 Å². The molecule has 0 spiro atoms. The number of sulfonamides is 1. The van der Waals surface area contributed by atoms with Crippen molar-refractivity contribution >= 4 is 45.0 Å². The first-order valence-electron chi connectivity index (χ1n) is 8.51. The number of hydrogen-bond donors (Lipinski definition) is 1. The summed E-state index contributed by atoms with van der Waals surface area (Å²) >= 11 is 1.61. The van der Waals surface area contributed by atoms with Crippen molar-refractivity contribution in [2.45, 2.75) is 28.9 Å². The molecule has 0 unspecified atom stereocenters. The number of rotatable bonds is 4. The van der Waals surface area contributed by atoms with Crippen molar-refractivity contribution in [1.82, 2.24) is 0 Å². The van der Waals surface area contributed by atoms with Crippen LogP contribution in [0.3, 0.4) is 0 Å². The van der Waals surface area contributed by atoms with Crippen molar-refractivity contribution in [3.8, 4) is 0 Å². The zero-order valence-electron chi connectivity index (χ0n) is 15.6. The highest BCUT2D eigenvalue weighted by molar-refractivity contribution is 8.00. The van der Waals surface area contributed by atoms with Crippen LogP contribution in [0.25, 0.3) is 0 Å². The minimum Gasteiger partial charge on any atom is -0.465 e. The number of esters is 1. The minimum absolute atomic E-state index is 0.0599. The number of nitrogens with one attached hydrogen (secondary N) is 1. The number of fused-ring (bicyclic) bond motifs is 1. The predicted molar refractivity (Wildman–Crippen MR) is 108 cm³/mol. The van der Waals surface area contributed by atoms with Gasteiger partial charge in [-0.3, -0.25) is 9.52 Å². The molecule has 1 aliphatic rings. The van der Waals surface area contributed by atoms with Crippen LogP contribution in [0.4, 0.5) is 11.4 Å². The highest BCUT2D eigenvalue weighted by atomic mass is 32.2. The van der Waals surface area contributed by atoms with E-state index in [9.17, 15) is 18.0 Å². The zero-order valence-corrected chi connectivity index (χ0v) is 17.3. The Morgan fingerprint density at radius 3 is 2.46 bits per heavy atom. The van der Waals surface area contributed by atoms with Gasteiger partial charge in [-0.2, -0.15) is 0 Å². The number of hydrogen-bond acceptors (Lipinski definition) is 6. The molecular formula is C19H20N2O5S2. The van der Waals surface area contributed by atoms with E-state index in [2.05, 4.69) is 9.46 Å². The summed E-state index contributed by atoms with van der Waals surface area (Å²) in [4.78, 5) is 26.0. The molecule has 9 heteroatoms. The molecule has 7 nitrogen and oxygen atoms in total. The molecule has 1 N–H and O–H groups in total. The van der Waals surface area contributed by atoms with Crippen LogP contribution >= 0.6 is 11.8 Å². The molecule has 1 heterocycles. The van der Waals surface area contributed by atoms with Crippen LogP contribution in [0.2, 0.25) is 0 Å². The lowest BCUT2D eigenvalue weighted by atomic mass is 10.2. The van der Waals surface area contributed by atoms with Crippen LogP contribution in [-0.2, 0) is 19.6 Å². The largest absolute Gasteiger partial charge is 0.465 e. The average molecular weight is 421 g/mol. The van der Waals surface area contributed by atoms with Crippen molar-refractivity contribution in [3.05, 3.63) is 48.0 Å². The van der Waals surface area contributed by atoms with Gasteiger partial charge in [0, 0.05) is 29.3 Å². The molecule has 0 fully saturated rings. The third-order valence-corrected chi connectivity index (χ3v) is 6.77. The fraction of sp³-hybridized carbons (Fsp3) is 0.263. The highest BCUT2D eigenvalue weighted by Crippen LogP contribution is 2.39. The molecule has 1 amide bonds. The Hall–Kier alpha value is -2.52. The summed E-state index contributed by atoms with van der Waals surface area (Å²) in [6.07, 6.45) is 0. The summed E-state index contributed by atoms with van der Waals surface area (Å²) in [5, 5.41) is 0.227. The molecule has 0 aliphatic carbocycles. The second-order valence-electron chi connectivity index (χ2n) is 6.36. The van der Waals surface area contributed by atoms with Crippen LogP contribution in [0.1, 0.15) is 24.2 Å². The number of benzene rings is 2. The molecule has 2 aromatic rings. The SMILES string of the molecule is COC(=O)c1ccc(NS(=O)(=O)c2ccc3c(c2)N(C(C)=O)C[C@H](C)S3)cc1. The van der Waals surface area contributed by atoms with Gasteiger partial charge in [0.05, 0.1) is 23.3 Å². The Bertz CT molecular complexity index is 1020. The molecule has 148 valence electrons. The topological polar surface area (TPSA) is 92.8 Å². The first kappa shape index (κ1) is 20.2. The number of nitrogens with zero attached hydrogens (tertiary/aromatic N) is 1. The van der Waals surface area contributed by atoms with Gasteiger partial charge in [-0.25, -0.2) is 13.2 Å². The van der Waals surface area contributed by atoms with E-state index in [0.29, 0.717) is 23.5 Å². The number of anilines is 2. The maximum absolute atomic E-state index is 12.8. The predicted octanol–water partition coefficient (Wildman–Crippen LogP) is 3.12. The number of methoxy groups -OCH3 is 1.